The Morgan fingerprint density at radius 2 is 1.59 bits per heavy atom. The first-order valence-corrected chi connectivity index (χ1v) is 15.0. The fourth-order valence-electron chi connectivity index (χ4n) is 9.63. The Hall–Kier alpha value is -2.82. The molecule has 1 N–H and O–H groups in total. The zero-order valence-corrected chi connectivity index (χ0v) is 24.0. The van der Waals surface area contributed by atoms with Crippen molar-refractivity contribution >= 4 is 11.8 Å². The van der Waals surface area contributed by atoms with Crippen LogP contribution in [-0.2, 0) is 9.59 Å². The number of carbonyl (C=O) groups excluding carboxylic acids is 2. The Morgan fingerprint density at radius 3 is 2.31 bits per heavy atom. The molecule has 4 fully saturated rings. The van der Waals surface area contributed by atoms with E-state index >= 15 is 0 Å². The highest BCUT2D eigenvalue weighted by Crippen LogP contribution is 2.66. The van der Waals surface area contributed by atoms with Gasteiger partial charge in [0.1, 0.15) is 5.75 Å². The Balaban J connectivity index is 1.23. The van der Waals surface area contributed by atoms with Crippen LogP contribution in [0.1, 0.15) is 82.4 Å². The number of ether oxygens (including phenoxy) is 1. The number of carbonyl (C=O) groups is 2. The highest BCUT2D eigenvalue weighted by atomic mass is 16.5. The topological polar surface area (TPSA) is 58.6 Å². The number of nitrogens with zero attached hydrogens (tertiary/aromatic N) is 1. The number of nitrogens with one attached hydrogen (secondary N) is 1. The molecule has 3 saturated carbocycles. The molecule has 0 radical (unpaired) electrons. The highest BCUT2D eigenvalue weighted by molar-refractivity contribution is 5.81. The van der Waals surface area contributed by atoms with Gasteiger partial charge in [-0.2, -0.15) is 0 Å². The summed E-state index contributed by atoms with van der Waals surface area (Å²) in [4.78, 5) is 28.7. The molecule has 0 spiro atoms. The van der Waals surface area contributed by atoms with E-state index in [0.717, 1.165) is 49.0 Å². The van der Waals surface area contributed by atoms with Crippen molar-refractivity contribution in [2.75, 3.05) is 14.2 Å². The lowest BCUT2D eigenvalue weighted by Crippen LogP contribution is -2.61. The van der Waals surface area contributed by atoms with Crippen LogP contribution in [0.5, 0.6) is 5.75 Å². The Bertz CT molecular complexity index is 1210. The summed E-state index contributed by atoms with van der Waals surface area (Å²) in [5, 5.41) is 3.50. The number of fused-ring (bicyclic) bond motifs is 5. The summed E-state index contributed by atoms with van der Waals surface area (Å²) in [6.45, 7) is 4.89. The van der Waals surface area contributed by atoms with Gasteiger partial charge >= 0.3 is 0 Å². The minimum atomic E-state index is -0.187. The van der Waals surface area contributed by atoms with E-state index in [-0.39, 0.29) is 28.7 Å². The van der Waals surface area contributed by atoms with E-state index in [2.05, 4.69) is 48.3 Å². The van der Waals surface area contributed by atoms with Crippen molar-refractivity contribution in [2.24, 2.45) is 34.5 Å². The number of piperidine rings is 1. The standard InChI is InChI=1S/C34H44N2O3/c1-33-20-18-27-25(14-17-29-34(27,2)21-19-30(37)36(29)3)26(33)15-16-28(33)32(38)35-31(22-8-6-5-7-9-22)23-10-12-24(39-4)13-11-23/h5-13,25-29,31H,14-21H2,1-4H3,(H,35,38)/t25-,26-,27+,28?,29?,31?,33-,34+/m0/s1. The SMILES string of the molecule is COc1ccc(C(NC(=O)C2CC[C@H]3[C@@H]4CCC5N(C)C(=O)CC[C@]5(C)[C@@H]4CC[C@]23C)c2ccccc2)cc1. The highest BCUT2D eigenvalue weighted by Gasteiger charge is 2.62. The maximum atomic E-state index is 14.1. The number of methoxy groups -OCH3 is 1. The molecular weight excluding hydrogens is 484 g/mol. The molecular formula is C34H44N2O3. The molecule has 6 rings (SSSR count). The van der Waals surface area contributed by atoms with Gasteiger partial charge in [-0.25, -0.2) is 0 Å². The Morgan fingerprint density at radius 1 is 0.897 bits per heavy atom. The molecule has 1 aliphatic heterocycles. The molecule has 208 valence electrons. The van der Waals surface area contributed by atoms with E-state index in [9.17, 15) is 9.59 Å². The average molecular weight is 529 g/mol. The maximum absolute atomic E-state index is 14.1. The van der Waals surface area contributed by atoms with E-state index in [0.29, 0.717) is 36.1 Å². The van der Waals surface area contributed by atoms with Gasteiger partial charge in [0.2, 0.25) is 11.8 Å². The van der Waals surface area contributed by atoms with Crippen LogP contribution in [0, 0.1) is 34.5 Å². The zero-order valence-electron chi connectivity index (χ0n) is 24.0. The molecule has 5 heteroatoms. The third-order valence-corrected chi connectivity index (χ3v) is 11.7. The molecule has 8 atom stereocenters. The number of benzene rings is 2. The van der Waals surface area contributed by atoms with Gasteiger partial charge in [0.25, 0.3) is 0 Å². The van der Waals surface area contributed by atoms with Crippen LogP contribution in [0.15, 0.2) is 54.6 Å². The number of likely N-dealkylation sites (tertiary alicyclic amines) is 1. The fraction of sp³-hybridized carbons (Fsp3) is 0.588. The van der Waals surface area contributed by atoms with E-state index < -0.39 is 0 Å². The monoisotopic (exact) mass is 528 g/mol. The van der Waals surface area contributed by atoms with Gasteiger partial charge in [0.15, 0.2) is 0 Å². The molecule has 0 bridgehead atoms. The summed E-state index contributed by atoms with van der Waals surface area (Å²) in [7, 11) is 3.70. The Labute approximate surface area is 233 Å². The summed E-state index contributed by atoms with van der Waals surface area (Å²) in [5.41, 5.74) is 2.41. The predicted octanol–water partition coefficient (Wildman–Crippen LogP) is 6.38. The Kier molecular flexibility index (Phi) is 6.76. The van der Waals surface area contributed by atoms with Crippen molar-refractivity contribution in [1.82, 2.24) is 10.2 Å². The molecule has 2 aromatic rings. The summed E-state index contributed by atoms with van der Waals surface area (Å²) in [6, 6.07) is 18.6. The predicted molar refractivity (Wildman–Crippen MR) is 153 cm³/mol. The normalized spacial score (nSPS) is 36.4. The van der Waals surface area contributed by atoms with Crippen LogP contribution < -0.4 is 10.1 Å². The first-order valence-electron chi connectivity index (χ1n) is 15.0. The lowest BCUT2D eigenvalue weighted by atomic mass is 9.47. The van der Waals surface area contributed by atoms with E-state index in [4.69, 9.17) is 4.74 Å². The van der Waals surface area contributed by atoms with Gasteiger partial charge in [-0.3, -0.25) is 9.59 Å². The van der Waals surface area contributed by atoms with Crippen LogP contribution in [-0.4, -0.2) is 36.9 Å². The molecule has 39 heavy (non-hydrogen) atoms. The van der Waals surface area contributed by atoms with Crippen molar-refractivity contribution in [2.45, 2.75) is 77.3 Å². The summed E-state index contributed by atoms with van der Waals surface area (Å²) in [6.07, 6.45) is 8.41. The second-order valence-electron chi connectivity index (χ2n) is 13.3. The van der Waals surface area contributed by atoms with Crippen LogP contribution in [0.4, 0.5) is 0 Å². The van der Waals surface area contributed by atoms with E-state index in [1.54, 1.807) is 7.11 Å². The molecule has 1 saturated heterocycles. The molecule has 3 unspecified atom stereocenters. The fourth-order valence-corrected chi connectivity index (χ4v) is 9.63. The largest absolute Gasteiger partial charge is 0.497 e. The van der Waals surface area contributed by atoms with Gasteiger partial charge in [0, 0.05) is 25.4 Å². The number of amides is 2. The summed E-state index contributed by atoms with van der Waals surface area (Å²) < 4.78 is 5.38. The average Bonchev–Trinajstić information content (AvgIpc) is 3.32. The maximum Gasteiger partial charge on any atom is 0.224 e. The number of rotatable bonds is 5. The summed E-state index contributed by atoms with van der Waals surface area (Å²) in [5.74, 6) is 3.28. The molecule has 2 aromatic carbocycles. The lowest BCUT2D eigenvalue weighted by Gasteiger charge is -2.61. The molecule has 1 heterocycles. The molecule has 0 aromatic heterocycles. The van der Waals surface area contributed by atoms with Gasteiger partial charge in [-0.05, 0) is 96.8 Å². The van der Waals surface area contributed by atoms with Crippen LogP contribution in [0.2, 0.25) is 0 Å². The zero-order chi connectivity index (χ0) is 27.4. The molecule has 2 amide bonds. The third kappa shape index (κ3) is 4.28. The van der Waals surface area contributed by atoms with Crippen molar-refractivity contribution in [3.05, 3.63) is 65.7 Å². The third-order valence-electron chi connectivity index (χ3n) is 11.7. The number of hydrogen-bond acceptors (Lipinski definition) is 3. The second kappa shape index (κ2) is 9.98. The van der Waals surface area contributed by atoms with Crippen molar-refractivity contribution in [1.29, 1.82) is 0 Å². The van der Waals surface area contributed by atoms with E-state index in [1.807, 2.05) is 37.4 Å². The van der Waals surface area contributed by atoms with Crippen molar-refractivity contribution in [3.8, 4) is 5.75 Å². The second-order valence-corrected chi connectivity index (χ2v) is 13.3. The van der Waals surface area contributed by atoms with Crippen LogP contribution in [0.3, 0.4) is 0 Å². The first-order chi connectivity index (χ1) is 18.8. The van der Waals surface area contributed by atoms with Gasteiger partial charge < -0.3 is 15.0 Å². The van der Waals surface area contributed by atoms with Crippen molar-refractivity contribution in [3.63, 3.8) is 0 Å². The van der Waals surface area contributed by atoms with Crippen molar-refractivity contribution < 1.29 is 14.3 Å². The molecule has 4 aliphatic rings. The molecule has 5 nitrogen and oxygen atoms in total. The quantitative estimate of drug-likeness (QED) is 0.490. The lowest BCUT2D eigenvalue weighted by molar-refractivity contribution is -0.159. The van der Waals surface area contributed by atoms with Gasteiger partial charge in [0.05, 0.1) is 13.2 Å². The smallest absolute Gasteiger partial charge is 0.224 e. The number of hydrogen-bond donors (Lipinski definition) is 1. The minimum absolute atomic E-state index is 0.0337. The van der Waals surface area contributed by atoms with Gasteiger partial charge in [-0.15, -0.1) is 0 Å². The van der Waals surface area contributed by atoms with Crippen LogP contribution >= 0.6 is 0 Å². The van der Waals surface area contributed by atoms with Gasteiger partial charge in [-0.1, -0.05) is 56.3 Å². The van der Waals surface area contributed by atoms with E-state index in [1.165, 1.54) is 12.8 Å². The minimum Gasteiger partial charge on any atom is -0.497 e. The summed E-state index contributed by atoms with van der Waals surface area (Å²) >= 11 is 0. The van der Waals surface area contributed by atoms with Crippen LogP contribution in [0.25, 0.3) is 0 Å². The first kappa shape index (κ1) is 26.4. The molecule has 3 aliphatic carbocycles.